The van der Waals surface area contributed by atoms with Crippen LogP contribution in [0.2, 0.25) is 0 Å². The second-order valence-corrected chi connectivity index (χ2v) is 30.2. The number of thiophene rings is 2. The van der Waals surface area contributed by atoms with E-state index in [1.54, 1.807) is 0 Å². The third-order valence-corrected chi connectivity index (χ3v) is 24.6. The maximum Gasteiger partial charge on any atom is 0.165 e. The Morgan fingerprint density at radius 3 is 0.926 bits per heavy atom. The van der Waals surface area contributed by atoms with E-state index in [-0.39, 0.29) is 0 Å². The first-order valence-corrected chi connectivity index (χ1v) is 38.3. The minimum Gasteiger partial charge on any atom is -0.290 e. The fourth-order valence-corrected chi connectivity index (χ4v) is 20.2. The Morgan fingerprint density at radius 2 is 0.491 bits per heavy atom. The fraction of sp³-hybridized carbons (Fsp3) is 0. The van der Waals surface area contributed by atoms with Gasteiger partial charge in [0.2, 0.25) is 0 Å². The van der Waals surface area contributed by atoms with E-state index in [0.29, 0.717) is 0 Å². The van der Waals surface area contributed by atoms with Gasteiger partial charge in [0.15, 0.2) is 11.6 Å². The van der Waals surface area contributed by atoms with E-state index >= 15 is 0 Å². The van der Waals surface area contributed by atoms with Crippen molar-refractivity contribution in [3.63, 3.8) is 0 Å². The maximum absolute atomic E-state index is 5.55. The summed E-state index contributed by atoms with van der Waals surface area (Å²) in [6, 6.07) is 126. The van der Waals surface area contributed by atoms with E-state index in [4.69, 9.17) is 19.9 Å². The molecule has 6 heterocycles. The number of benzene rings is 18. The highest BCUT2D eigenvalue weighted by molar-refractivity contribution is 7.27. The molecular formula is C100H58N6S2. The van der Waals surface area contributed by atoms with Crippen molar-refractivity contribution in [1.82, 2.24) is 29.1 Å². The van der Waals surface area contributed by atoms with Crippen molar-refractivity contribution >= 4 is 193 Å². The van der Waals surface area contributed by atoms with Crippen LogP contribution in [0.3, 0.4) is 0 Å². The summed E-state index contributed by atoms with van der Waals surface area (Å²) in [6.07, 6.45) is 0. The molecular weight excluding hydrogens is 1350 g/mol. The average molecular weight is 1410 g/mol. The Labute approximate surface area is 626 Å². The molecule has 6 aromatic heterocycles. The lowest BCUT2D eigenvalue weighted by molar-refractivity contribution is 1.08. The van der Waals surface area contributed by atoms with Crippen LogP contribution in [0.25, 0.3) is 227 Å². The third kappa shape index (κ3) is 8.99. The number of nitrogens with zero attached hydrogens (tertiary/aromatic N) is 6. The van der Waals surface area contributed by atoms with Crippen LogP contribution < -0.4 is 0 Å². The van der Waals surface area contributed by atoms with Crippen LogP contribution in [0.5, 0.6) is 0 Å². The maximum atomic E-state index is 5.55. The number of hydrogen-bond acceptors (Lipinski definition) is 6. The smallest absolute Gasteiger partial charge is 0.165 e. The van der Waals surface area contributed by atoms with Crippen molar-refractivity contribution in [3.8, 4) is 56.4 Å². The van der Waals surface area contributed by atoms with Crippen molar-refractivity contribution in [2.75, 3.05) is 0 Å². The minimum atomic E-state index is 0.827. The molecule has 24 aromatic rings. The van der Waals surface area contributed by atoms with E-state index in [1.807, 2.05) is 34.8 Å². The largest absolute Gasteiger partial charge is 0.290 e. The highest BCUT2D eigenvalue weighted by Gasteiger charge is 2.30. The second-order valence-electron chi connectivity index (χ2n) is 28.1. The standard InChI is InChI=1S/2C50H29N3S/c1-2-15-30(16-3-1)31-17-14-18-32(29-31)47-50(52-40-26-11-10-25-39(40)51-47)53-41-27-12-8-23-37(41)45-43-35-21-6-4-19-33(35)34-20-5-7-22-36(34)44(43)46-38-24-9-13-28-42(38)54-49(46)48(45)53;1-2-14-30(15-3-1)31-26-28-32(29-27-31)47-50(52-40-23-11-10-22-39(40)51-47)53-41-24-12-8-20-37(41)45-43-35-18-6-4-16-33(35)34-17-5-7-19-36(34)44(43)46-38-21-9-13-25-42(38)54-49(46)48(45)53/h2*1-29H. The minimum absolute atomic E-state index is 0.827. The van der Waals surface area contributed by atoms with Gasteiger partial charge in [-0.3, -0.25) is 9.13 Å². The lowest BCUT2D eigenvalue weighted by atomic mass is 9.89. The van der Waals surface area contributed by atoms with Gasteiger partial charge < -0.3 is 0 Å². The molecule has 0 unspecified atom stereocenters. The fourth-order valence-electron chi connectivity index (χ4n) is 17.7. The molecule has 0 fully saturated rings. The molecule has 0 radical (unpaired) electrons. The van der Waals surface area contributed by atoms with E-state index in [9.17, 15) is 0 Å². The SMILES string of the molecule is c1ccc(-c2ccc(-c3nc4ccccc4nc3-n3c4ccccc4c4c5c6ccccc6c6ccccc6c5c5c6ccccc6sc5c43)cc2)cc1.c1ccc(-c2cccc(-c3nc4ccccc4nc3-n3c4ccccc4c4c5c6ccccc6c6ccccc6c5c5c6ccccc6sc5c43)c2)cc1. The van der Waals surface area contributed by atoms with E-state index in [1.165, 1.54) is 154 Å². The number of rotatable bonds is 6. The lowest BCUT2D eigenvalue weighted by Crippen LogP contribution is -2.04. The van der Waals surface area contributed by atoms with Crippen molar-refractivity contribution in [2.24, 2.45) is 0 Å². The highest BCUT2D eigenvalue weighted by Crippen LogP contribution is 2.55. The molecule has 0 aliphatic rings. The molecule has 0 atom stereocenters. The molecule has 0 aliphatic heterocycles. The van der Waals surface area contributed by atoms with Crippen LogP contribution in [0.4, 0.5) is 0 Å². The number of para-hydroxylation sites is 6. The number of fused-ring (bicyclic) bond motifs is 32. The molecule has 0 aliphatic carbocycles. The van der Waals surface area contributed by atoms with Gasteiger partial charge >= 0.3 is 0 Å². The predicted octanol–water partition coefficient (Wildman–Crippen LogP) is 27.8. The van der Waals surface area contributed by atoms with Gasteiger partial charge in [-0.2, -0.15) is 0 Å². The molecule has 0 N–H and O–H groups in total. The van der Waals surface area contributed by atoms with Gasteiger partial charge in [-0.05, 0) is 120 Å². The van der Waals surface area contributed by atoms with Crippen LogP contribution in [0.15, 0.2) is 352 Å². The Balaban J connectivity index is 0.000000130. The Hall–Kier alpha value is -13.8. The van der Waals surface area contributed by atoms with E-state index in [2.05, 4.69) is 349 Å². The molecule has 0 saturated carbocycles. The molecule has 0 amide bonds. The monoisotopic (exact) mass is 1410 g/mol. The highest BCUT2D eigenvalue weighted by atomic mass is 32.1. The predicted molar refractivity (Wildman–Crippen MR) is 460 cm³/mol. The van der Waals surface area contributed by atoms with Crippen LogP contribution in [0.1, 0.15) is 0 Å². The summed E-state index contributed by atoms with van der Waals surface area (Å²) >= 11 is 3.76. The van der Waals surface area contributed by atoms with E-state index in [0.717, 1.165) is 72.8 Å². The van der Waals surface area contributed by atoms with Crippen LogP contribution >= 0.6 is 22.7 Å². The molecule has 6 nitrogen and oxygen atoms in total. The molecule has 24 rings (SSSR count). The summed E-state index contributed by atoms with van der Waals surface area (Å²) in [4.78, 5) is 21.9. The number of aromatic nitrogens is 6. The first-order chi connectivity index (χ1) is 53.6. The van der Waals surface area contributed by atoms with Gasteiger partial charge in [0.05, 0.1) is 53.5 Å². The summed E-state index contributed by atoms with van der Waals surface area (Å²) in [6.45, 7) is 0. The molecule has 500 valence electrons. The van der Waals surface area contributed by atoms with Crippen molar-refractivity contribution in [2.45, 2.75) is 0 Å². The Bertz CT molecular complexity index is 7930. The Morgan fingerprint density at radius 1 is 0.194 bits per heavy atom. The number of hydrogen-bond donors (Lipinski definition) is 0. The van der Waals surface area contributed by atoms with Gasteiger partial charge in [0.1, 0.15) is 11.4 Å². The topological polar surface area (TPSA) is 61.4 Å². The molecule has 8 heteroatoms. The van der Waals surface area contributed by atoms with Gasteiger partial charge in [-0.25, -0.2) is 19.9 Å². The summed E-state index contributed by atoms with van der Waals surface area (Å²) < 4.78 is 9.92. The van der Waals surface area contributed by atoms with Gasteiger partial charge in [-0.1, -0.05) is 297 Å². The second kappa shape index (κ2) is 23.9. The normalized spacial score (nSPS) is 12.1. The van der Waals surface area contributed by atoms with Crippen LogP contribution in [-0.4, -0.2) is 29.1 Å². The van der Waals surface area contributed by atoms with Crippen molar-refractivity contribution in [3.05, 3.63) is 352 Å². The first-order valence-electron chi connectivity index (χ1n) is 36.7. The zero-order valence-electron chi connectivity index (χ0n) is 58.0. The zero-order valence-corrected chi connectivity index (χ0v) is 59.6. The molecule has 108 heavy (non-hydrogen) atoms. The first kappa shape index (κ1) is 60.6. The molecule has 0 saturated heterocycles. The summed E-state index contributed by atoms with van der Waals surface area (Å²) in [7, 11) is 0. The van der Waals surface area contributed by atoms with Crippen molar-refractivity contribution in [1.29, 1.82) is 0 Å². The van der Waals surface area contributed by atoms with Gasteiger partial charge in [0, 0.05) is 85.2 Å². The van der Waals surface area contributed by atoms with Crippen LogP contribution in [0, 0.1) is 0 Å². The summed E-state index contributed by atoms with van der Waals surface area (Å²) in [5, 5.41) is 25.4. The zero-order chi connectivity index (χ0) is 70.7. The Kier molecular flexibility index (Phi) is 13.4. The van der Waals surface area contributed by atoms with E-state index < -0.39 is 0 Å². The summed E-state index contributed by atoms with van der Waals surface area (Å²) in [5.74, 6) is 1.66. The quantitative estimate of drug-likeness (QED) is 0.156. The molecule has 18 aromatic carbocycles. The van der Waals surface area contributed by atoms with Gasteiger partial charge in [0.25, 0.3) is 0 Å². The summed E-state index contributed by atoms with van der Waals surface area (Å²) in [5.41, 5.74) is 16.5. The molecule has 0 spiro atoms. The van der Waals surface area contributed by atoms with Crippen LogP contribution in [-0.2, 0) is 0 Å². The molecule has 0 bridgehead atoms. The van der Waals surface area contributed by atoms with Gasteiger partial charge in [-0.15, -0.1) is 22.7 Å². The average Bonchev–Trinajstić information content (AvgIpc) is 0.912. The van der Waals surface area contributed by atoms with Crippen molar-refractivity contribution < 1.29 is 0 Å². The lowest BCUT2D eigenvalue weighted by Gasteiger charge is -2.16. The third-order valence-electron chi connectivity index (χ3n) is 22.3.